The highest BCUT2D eigenvalue weighted by Gasteiger charge is 2.39. The maximum Gasteiger partial charge on any atom is 0.338 e. The van der Waals surface area contributed by atoms with Gasteiger partial charge in [0.2, 0.25) is 12.7 Å². The summed E-state index contributed by atoms with van der Waals surface area (Å²) in [5.74, 6) is 1.50. The topological polar surface area (TPSA) is 83.5 Å². The van der Waals surface area contributed by atoms with Gasteiger partial charge in [-0.05, 0) is 43.5 Å². The number of nitrogens with one attached hydrogen (secondary N) is 1. The number of fused-ring (bicyclic) bond motifs is 1. The fourth-order valence-electron chi connectivity index (χ4n) is 4.36. The van der Waals surface area contributed by atoms with Gasteiger partial charge >= 0.3 is 6.03 Å². The molecule has 3 aliphatic heterocycles. The molecule has 1 N–H and O–H groups in total. The second-order valence-electron chi connectivity index (χ2n) is 8.42. The van der Waals surface area contributed by atoms with Crippen LogP contribution in [0.15, 0.2) is 47.6 Å². The predicted octanol–water partition coefficient (Wildman–Crippen LogP) is 3.21. The molecule has 2 aromatic rings. The minimum atomic E-state index is -0.297. The normalized spacial score (nSPS) is 20.5. The second-order valence-corrected chi connectivity index (χ2v) is 8.42. The van der Waals surface area contributed by atoms with E-state index in [9.17, 15) is 9.59 Å². The molecule has 1 saturated heterocycles. The highest BCUT2D eigenvalue weighted by atomic mass is 16.7. The van der Waals surface area contributed by atoms with Gasteiger partial charge in [-0.15, -0.1) is 0 Å². The summed E-state index contributed by atoms with van der Waals surface area (Å²) in [5.41, 5.74) is 3.75. The SMILES string of the molecule is Cc1ccc(C2=NN(C(=O)N[C@H](C)c3ccc4c(c3)OCO4)C[C@H]2N2CCCC2=O)cc1. The fraction of sp³-hybridized carbons (Fsp3) is 0.375. The zero-order chi connectivity index (χ0) is 22.2. The smallest absolute Gasteiger partial charge is 0.338 e. The van der Waals surface area contributed by atoms with Crippen LogP contribution in [0.1, 0.15) is 42.5 Å². The standard InChI is InChI=1S/C24H26N4O4/c1-15-5-7-17(8-6-15)23-19(27-11-3-4-22(27)29)13-28(26-23)24(30)25-16(2)18-9-10-20-21(12-18)32-14-31-20/h5-10,12,16,19H,3-4,11,13-14H2,1-2H3,(H,25,30)/t16-,19-/m1/s1. The number of carbonyl (C=O) groups is 2. The Hall–Kier alpha value is -3.55. The van der Waals surface area contributed by atoms with Crippen LogP contribution in [0.25, 0.3) is 0 Å². The van der Waals surface area contributed by atoms with Gasteiger partial charge in [-0.3, -0.25) is 4.79 Å². The zero-order valence-electron chi connectivity index (χ0n) is 18.2. The quantitative estimate of drug-likeness (QED) is 0.801. The lowest BCUT2D eigenvalue weighted by Crippen LogP contribution is -2.46. The molecule has 1 fully saturated rings. The van der Waals surface area contributed by atoms with Gasteiger partial charge in [0.15, 0.2) is 11.5 Å². The number of hydrogen-bond donors (Lipinski definition) is 1. The summed E-state index contributed by atoms with van der Waals surface area (Å²) in [7, 11) is 0. The Labute approximate surface area is 186 Å². The average molecular weight is 434 g/mol. The molecule has 8 heteroatoms. The first kappa shape index (κ1) is 20.4. The molecule has 5 rings (SSSR count). The summed E-state index contributed by atoms with van der Waals surface area (Å²) in [6.45, 7) is 5.18. The van der Waals surface area contributed by atoms with Crippen LogP contribution in [0, 0.1) is 6.92 Å². The van der Waals surface area contributed by atoms with Crippen LogP contribution in [0.2, 0.25) is 0 Å². The van der Waals surface area contributed by atoms with Gasteiger partial charge in [0.1, 0.15) is 0 Å². The van der Waals surface area contributed by atoms with Crippen molar-refractivity contribution >= 4 is 17.6 Å². The summed E-state index contributed by atoms with van der Waals surface area (Å²) in [4.78, 5) is 27.4. The van der Waals surface area contributed by atoms with Crippen LogP contribution in [0.4, 0.5) is 4.79 Å². The van der Waals surface area contributed by atoms with E-state index in [1.54, 1.807) is 0 Å². The molecule has 3 aliphatic rings. The van der Waals surface area contributed by atoms with Crippen LogP contribution in [0.5, 0.6) is 11.5 Å². The number of nitrogens with zero attached hydrogens (tertiary/aromatic N) is 3. The Bertz CT molecular complexity index is 1080. The number of benzene rings is 2. The van der Waals surface area contributed by atoms with Gasteiger partial charge in [0.25, 0.3) is 0 Å². The largest absolute Gasteiger partial charge is 0.454 e. The molecular formula is C24H26N4O4. The first-order valence-corrected chi connectivity index (χ1v) is 10.9. The molecule has 0 saturated carbocycles. The van der Waals surface area contributed by atoms with Crippen LogP contribution in [-0.4, -0.2) is 53.5 Å². The molecule has 3 heterocycles. The van der Waals surface area contributed by atoms with Crippen LogP contribution >= 0.6 is 0 Å². The van der Waals surface area contributed by atoms with E-state index in [2.05, 4.69) is 10.4 Å². The van der Waals surface area contributed by atoms with Crippen LogP contribution < -0.4 is 14.8 Å². The van der Waals surface area contributed by atoms with Crippen molar-refractivity contribution in [1.82, 2.24) is 15.2 Å². The summed E-state index contributed by atoms with van der Waals surface area (Å²) in [5, 5.41) is 9.10. The van der Waals surface area contributed by atoms with E-state index in [1.807, 2.05) is 61.2 Å². The van der Waals surface area contributed by atoms with Crippen molar-refractivity contribution in [2.75, 3.05) is 19.9 Å². The maximum atomic E-state index is 13.1. The fourth-order valence-corrected chi connectivity index (χ4v) is 4.36. The molecule has 166 valence electrons. The van der Waals surface area contributed by atoms with Gasteiger partial charge in [0.05, 0.1) is 24.3 Å². The Morgan fingerprint density at radius 2 is 1.94 bits per heavy atom. The molecule has 0 aliphatic carbocycles. The number of likely N-dealkylation sites (tertiary alicyclic amines) is 1. The van der Waals surface area contributed by atoms with Gasteiger partial charge in [0, 0.05) is 13.0 Å². The van der Waals surface area contributed by atoms with Crippen LogP contribution in [0.3, 0.4) is 0 Å². The van der Waals surface area contributed by atoms with Crippen molar-refractivity contribution in [1.29, 1.82) is 0 Å². The van der Waals surface area contributed by atoms with Crippen LogP contribution in [-0.2, 0) is 4.79 Å². The molecule has 0 unspecified atom stereocenters. The van der Waals surface area contributed by atoms with Gasteiger partial charge in [-0.25, -0.2) is 9.80 Å². The zero-order valence-corrected chi connectivity index (χ0v) is 18.2. The lowest BCUT2D eigenvalue weighted by molar-refractivity contribution is -0.128. The average Bonchev–Trinajstić information content (AvgIpc) is 3.52. The number of hydrazone groups is 1. The molecule has 32 heavy (non-hydrogen) atoms. The summed E-state index contributed by atoms with van der Waals surface area (Å²) < 4.78 is 10.8. The van der Waals surface area contributed by atoms with Crippen molar-refractivity contribution in [3.05, 3.63) is 59.2 Å². The Kier molecular flexibility index (Phi) is 5.20. The monoisotopic (exact) mass is 434 g/mol. The van der Waals surface area contributed by atoms with Crippen molar-refractivity contribution < 1.29 is 19.1 Å². The third-order valence-corrected chi connectivity index (χ3v) is 6.19. The van der Waals surface area contributed by atoms with Crippen molar-refractivity contribution in [3.8, 4) is 11.5 Å². The lowest BCUT2D eigenvalue weighted by Gasteiger charge is -2.25. The van der Waals surface area contributed by atoms with E-state index in [0.717, 1.165) is 28.8 Å². The third kappa shape index (κ3) is 3.77. The van der Waals surface area contributed by atoms with E-state index >= 15 is 0 Å². The number of urea groups is 1. The maximum absolute atomic E-state index is 13.1. The number of carbonyl (C=O) groups excluding carboxylic acids is 2. The Balaban J connectivity index is 1.35. The predicted molar refractivity (Wildman–Crippen MR) is 119 cm³/mol. The second kappa shape index (κ2) is 8.18. The van der Waals surface area contributed by atoms with E-state index in [4.69, 9.17) is 9.47 Å². The molecule has 3 amide bonds. The number of rotatable bonds is 4. The van der Waals surface area contributed by atoms with E-state index in [1.165, 1.54) is 5.01 Å². The van der Waals surface area contributed by atoms with E-state index in [-0.39, 0.29) is 30.8 Å². The summed E-state index contributed by atoms with van der Waals surface area (Å²) >= 11 is 0. The molecule has 0 radical (unpaired) electrons. The Morgan fingerprint density at radius 1 is 1.16 bits per heavy atom. The molecule has 2 atom stereocenters. The number of aryl methyl sites for hydroxylation is 1. The van der Waals surface area contributed by atoms with Gasteiger partial charge in [-0.2, -0.15) is 5.10 Å². The van der Waals surface area contributed by atoms with Crippen molar-refractivity contribution in [2.45, 2.75) is 38.8 Å². The molecule has 8 nitrogen and oxygen atoms in total. The van der Waals surface area contributed by atoms with Gasteiger partial charge < -0.3 is 19.7 Å². The summed E-state index contributed by atoms with van der Waals surface area (Å²) in [6.07, 6.45) is 1.38. The Morgan fingerprint density at radius 3 is 2.69 bits per heavy atom. The minimum absolute atomic E-state index is 0.116. The van der Waals surface area contributed by atoms with E-state index in [0.29, 0.717) is 31.0 Å². The molecule has 0 aromatic heterocycles. The molecule has 0 bridgehead atoms. The van der Waals surface area contributed by atoms with Gasteiger partial charge in [-0.1, -0.05) is 35.9 Å². The lowest BCUT2D eigenvalue weighted by atomic mass is 10.0. The third-order valence-electron chi connectivity index (χ3n) is 6.19. The summed E-state index contributed by atoms with van der Waals surface area (Å²) in [6, 6.07) is 12.9. The highest BCUT2D eigenvalue weighted by Crippen LogP contribution is 2.34. The number of ether oxygens (including phenoxy) is 2. The number of amides is 3. The first-order chi connectivity index (χ1) is 15.5. The first-order valence-electron chi connectivity index (χ1n) is 10.9. The van der Waals surface area contributed by atoms with E-state index < -0.39 is 0 Å². The molecule has 2 aromatic carbocycles. The highest BCUT2D eigenvalue weighted by molar-refractivity contribution is 6.08. The van der Waals surface area contributed by atoms with Crippen molar-refractivity contribution in [2.24, 2.45) is 5.10 Å². The number of hydrogen-bond acceptors (Lipinski definition) is 5. The minimum Gasteiger partial charge on any atom is -0.454 e. The van der Waals surface area contributed by atoms with Crippen molar-refractivity contribution in [3.63, 3.8) is 0 Å². The molecular weight excluding hydrogens is 408 g/mol. The molecule has 0 spiro atoms.